The van der Waals surface area contributed by atoms with E-state index in [-0.39, 0.29) is 5.84 Å². The van der Waals surface area contributed by atoms with Gasteiger partial charge in [-0.3, -0.25) is 5.41 Å². The van der Waals surface area contributed by atoms with Gasteiger partial charge in [-0.05, 0) is 19.8 Å². The third kappa shape index (κ3) is 2.06. The van der Waals surface area contributed by atoms with E-state index in [9.17, 15) is 0 Å². The summed E-state index contributed by atoms with van der Waals surface area (Å²) in [5.74, 6) is 1.66. The van der Waals surface area contributed by atoms with Crippen LogP contribution in [0, 0.1) is 5.41 Å². The minimum absolute atomic E-state index is 0.0548. The standard InChI is InChI=1S/C10H14N4O/c1-2-15-10-7(8(11)12)5-13-9(14-10)6-3-4-6/h5-6H,2-4H2,1H3,(H3,11,12). The maximum atomic E-state index is 7.37. The fourth-order valence-electron chi connectivity index (χ4n) is 1.35. The molecule has 1 heterocycles. The second-order valence-electron chi connectivity index (χ2n) is 3.57. The van der Waals surface area contributed by atoms with Crippen molar-refractivity contribution >= 4 is 5.84 Å². The first kappa shape index (κ1) is 9.89. The normalized spacial score (nSPS) is 15.0. The van der Waals surface area contributed by atoms with Gasteiger partial charge in [-0.25, -0.2) is 4.98 Å². The molecule has 1 fully saturated rings. The van der Waals surface area contributed by atoms with Gasteiger partial charge in [0.1, 0.15) is 11.7 Å². The maximum Gasteiger partial charge on any atom is 0.227 e. The van der Waals surface area contributed by atoms with E-state index in [0.29, 0.717) is 24.0 Å². The highest BCUT2D eigenvalue weighted by Gasteiger charge is 2.27. The van der Waals surface area contributed by atoms with Crippen molar-refractivity contribution in [1.82, 2.24) is 9.97 Å². The topological polar surface area (TPSA) is 84.9 Å². The molecule has 15 heavy (non-hydrogen) atoms. The monoisotopic (exact) mass is 206 g/mol. The number of rotatable bonds is 4. The Balaban J connectivity index is 2.34. The molecule has 3 N–H and O–H groups in total. The third-order valence-electron chi connectivity index (χ3n) is 2.29. The van der Waals surface area contributed by atoms with E-state index in [1.165, 1.54) is 0 Å². The van der Waals surface area contributed by atoms with Crippen LogP contribution in [0.4, 0.5) is 0 Å². The van der Waals surface area contributed by atoms with Gasteiger partial charge in [0.25, 0.3) is 0 Å². The lowest BCUT2D eigenvalue weighted by Gasteiger charge is -2.08. The first-order valence-corrected chi connectivity index (χ1v) is 5.06. The summed E-state index contributed by atoms with van der Waals surface area (Å²) in [6.45, 7) is 2.39. The number of aromatic nitrogens is 2. The maximum absolute atomic E-state index is 7.37. The zero-order valence-corrected chi connectivity index (χ0v) is 8.66. The Hall–Kier alpha value is -1.65. The highest BCUT2D eigenvalue weighted by atomic mass is 16.5. The quantitative estimate of drug-likeness (QED) is 0.569. The number of hydrogen-bond donors (Lipinski definition) is 2. The number of nitrogens with one attached hydrogen (secondary N) is 1. The van der Waals surface area contributed by atoms with Crippen molar-refractivity contribution in [3.8, 4) is 5.88 Å². The van der Waals surface area contributed by atoms with Crippen molar-refractivity contribution in [3.05, 3.63) is 17.6 Å². The van der Waals surface area contributed by atoms with Crippen LogP contribution in [0.3, 0.4) is 0 Å². The highest BCUT2D eigenvalue weighted by Crippen LogP contribution is 2.38. The minimum Gasteiger partial charge on any atom is -0.477 e. The number of nitrogen functional groups attached to an aromatic ring is 1. The molecule has 5 heteroatoms. The number of nitrogens with zero attached hydrogens (tertiary/aromatic N) is 2. The van der Waals surface area contributed by atoms with E-state index in [4.69, 9.17) is 15.9 Å². The van der Waals surface area contributed by atoms with Crippen LogP contribution in [-0.2, 0) is 0 Å². The molecule has 0 aliphatic heterocycles. The Morgan fingerprint density at radius 3 is 2.93 bits per heavy atom. The number of nitrogens with two attached hydrogens (primary N) is 1. The van der Waals surface area contributed by atoms with E-state index in [0.717, 1.165) is 18.7 Å². The molecule has 2 rings (SSSR count). The van der Waals surface area contributed by atoms with Crippen molar-refractivity contribution in [3.63, 3.8) is 0 Å². The molecule has 0 atom stereocenters. The summed E-state index contributed by atoms with van der Waals surface area (Å²) in [6.07, 6.45) is 3.87. The zero-order chi connectivity index (χ0) is 10.8. The lowest BCUT2D eigenvalue weighted by molar-refractivity contribution is 0.324. The summed E-state index contributed by atoms with van der Waals surface area (Å²) in [6, 6.07) is 0. The Kier molecular flexibility index (Phi) is 2.53. The smallest absolute Gasteiger partial charge is 0.227 e. The lowest BCUT2D eigenvalue weighted by Crippen LogP contribution is -2.15. The second-order valence-corrected chi connectivity index (χ2v) is 3.57. The average molecular weight is 206 g/mol. The van der Waals surface area contributed by atoms with Gasteiger partial charge in [0.15, 0.2) is 0 Å². The van der Waals surface area contributed by atoms with Crippen LogP contribution < -0.4 is 10.5 Å². The summed E-state index contributed by atoms with van der Waals surface area (Å²) in [7, 11) is 0. The molecule has 0 bridgehead atoms. The predicted molar refractivity (Wildman–Crippen MR) is 56.2 cm³/mol. The summed E-state index contributed by atoms with van der Waals surface area (Å²) in [5, 5.41) is 7.37. The highest BCUT2D eigenvalue weighted by molar-refractivity contribution is 5.96. The van der Waals surface area contributed by atoms with Crippen molar-refractivity contribution in [2.45, 2.75) is 25.7 Å². The van der Waals surface area contributed by atoms with Gasteiger partial charge in [0.2, 0.25) is 5.88 Å². The molecule has 0 radical (unpaired) electrons. The van der Waals surface area contributed by atoms with Crippen LogP contribution in [0.1, 0.15) is 37.1 Å². The van der Waals surface area contributed by atoms with Crippen LogP contribution in [0.25, 0.3) is 0 Å². The Morgan fingerprint density at radius 2 is 2.40 bits per heavy atom. The van der Waals surface area contributed by atoms with Crippen LogP contribution in [0.5, 0.6) is 5.88 Å². The molecule has 0 spiro atoms. The Morgan fingerprint density at radius 1 is 1.67 bits per heavy atom. The number of amidine groups is 1. The van der Waals surface area contributed by atoms with Gasteiger partial charge in [0.05, 0.1) is 12.2 Å². The van der Waals surface area contributed by atoms with E-state index < -0.39 is 0 Å². The van der Waals surface area contributed by atoms with Gasteiger partial charge in [0, 0.05) is 12.1 Å². The molecule has 5 nitrogen and oxygen atoms in total. The summed E-state index contributed by atoms with van der Waals surface area (Å²) in [5.41, 5.74) is 5.88. The van der Waals surface area contributed by atoms with E-state index in [1.807, 2.05) is 6.92 Å². The van der Waals surface area contributed by atoms with Crippen LogP contribution in [0.2, 0.25) is 0 Å². The van der Waals surface area contributed by atoms with Crippen molar-refractivity contribution in [2.24, 2.45) is 5.73 Å². The predicted octanol–water partition coefficient (Wildman–Crippen LogP) is 1.04. The molecule has 80 valence electrons. The van der Waals surface area contributed by atoms with Gasteiger partial charge < -0.3 is 10.5 Å². The van der Waals surface area contributed by atoms with Crippen molar-refractivity contribution in [2.75, 3.05) is 6.61 Å². The summed E-state index contributed by atoms with van der Waals surface area (Å²) in [4.78, 5) is 8.48. The fourth-order valence-corrected chi connectivity index (χ4v) is 1.35. The fraction of sp³-hybridized carbons (Fsp3) is 0.500. The first-order valence-electron chi connectivity index (χ1n) is 5.06. The third-order valence-corrected chi connectivity index (χ3v) is 2.29. The molecule has 1 aliphatic rings. The SMILES string of the molecule is CCOc1nc(C2CC2)ncc1C(=N)N. The molecule has 0 unspecified atom stereocenters. The average Bonchev–Trinajstić information content (AvgIpc) is 3.01. The van der Waals surface area contributed by atoms with E-state index >= 15 is 0 Å². The van der Waals surface area contributed by atoms with E-state index in [1.54, 1.807) is 6.20 Å². The molecule has 0 aromatic carbocycles. The minimum atomic E-state index is -0.0548. The van der Waals surface area contributed by atoms with Gasteiger partial charge in [-0.2, -0.15) is 4.98 Å². The lowest BCUT2D eigenvalue weighted by atomic mass is 10.3. The van der Waals surface area contributed by atoms with Crippen molar-refractivity contribution in [1.29, 1.82) is 5.41 Å². The summed E-state index contributed by atoms with van der Waals surface area (Å²) >= 11 is 0. The van der Waals surface area contributed by atoms with Gasteiger partial charge in [-0.1, -0.05) is 0 Å². The Labute approximate surface area is 88.2 Å². The first-order chi connectivity index (χ1) is 7.22. The van der Waals surface area contributed by atoms with Crippen LogP contribution in [-0.4, -0.2) is 22.4 Å². The van der Waals surface area contributed by atoms with E-state index in [2.05, 4.69) is 9.97 Å². The molecule has 1 aromatic rings. The molecular formula is C10H14N4O. The van der Waals surface area contributed by atoms with Gasteiger partial charge in [-0.15, -0.1) is 0 Å². The molecule has 1 aliphatic carbocycles. The molecule has 0 saturated heterocycles. The largest absolute Gasteiger partial charge is 0.477 e. The van der Waals surface area contributed by atoms with Gasteiger partial charge >= 0.3 is 0 Å². The molecule has 1 saturated carbocycles. The zero-order valence-electron chi connectivity index (χ0n) is 8.66. The molecule has 1 aromatic heterocycles. The Bertz CT molecular complexity index is 387. The molecule has 0 amide bonds. The second kappa shape index (κ2) is 3.84. The van der Waals surface area contributed by atoms with Crippen LogP contribution in [0.15, 0.2) is 6.20 Å². The summed E-state index contributed by atoms with van der Waals surface area (Å²) < 4.78 is 5.34. The number of hydrogen-bond acceptors (Lipinski definition) is 4. The molecular weight excluding hydrogens is 192 g/mol. The van der Waals surface area contributed by atoms with Crippen molar-refractivity contribution < 1.29 is 4.74 Å². The number of ether oxygens (including phenoxy) is 1. The van der Waals surface area contributed by atoms with Crippen LogP contribution >= 0.6 is 0 Å².